The van der Waals surface area contributed by atoms with E-state index in [1.165, 1.54) is 0 Å². The highest BCUT2D eigenvalue weighted by atomic mass is 28.4. The Hall–Kier alpha value is -1.28. The fourth-order valence-electron chi connectivity index (χ4n) is 1.01. The first-order valence-corrected chi connectivity index (χ1v) is 9.41. The van der Waals surface area contributed by atoms with Crippen molar-refractivity contribution in [2.24, 2.45) is 5.41 Å². The van der Waals surface area contributed by atoms with Gasteiger partial charge in [0.05, 0.1) is 12.1 Å². The van der Waals surface area contributed by atoms with Crippen LogP contribution in [0.3, 0.4) is 0 Å². The van der Waals surface area contributed by atoms with Crippen LogP contribution in [-0.2, 0) is 4.43 Å². The van der Waals surface area contributed by atoms with Crippen LogP contribution in [0.2, 0.25) is 18.1 Å². The quantitative estimate of drug-likeness (QED) is 0.445. The molecule has 0 atom stereocenters. The highest BCUT2D eigenvalue weighted by molar-refractivity contribution is 6.74. The van der Waals surface area contributed by atoms with Crippen LogP contribution in [0.4, 0.5) is 0 Å². The highest BCUT2D eigenvalue weighted by Gasteiger charge is 2.36. The molecule has 19 heavy (non-hydrogen) atoms. The van der Waals surface area contributed by atoms with Crippen molar-refractivity contribution in [1.82, 2.24) is 0 Å². The molecule has 0 N–H and O–H groups in total. The van der Waals surface area contributed by atoms with Gasteiger partial charge in [-0.05, 0) is 25.1 Å². The summed E-state index contributed by atoms with van der Waals surface area (Å²) < 4.78 is 5.99. The predicted molar refractivity (Wildman–Crippen MR) is 79.5 cm³/mol. The molecule has 0 radical (unpaired) electrons. The number of rotatable bonds is 4. The summed E-state index contributed by atoms with van der Waals surface area (Å²) in [5.74, 6) is 5.87. The lowest BCUT2D eigenvalue weighted by atomic mass is 9.91. The number of hydrogen-bond acceptors (Lipinski definition) is 3. The molecule has 0 heterocycles. The normalized spacial score (nSPS) is 12.0. The summed E-state index contributed by atoms with van der Waals surface area (Å²) >= 11 is 0. The van der Waals surface area contributed by atoms with Gasteiger partial charge in [-0.25, -0.2) is 0 Å². The molecule has 4 heteroatoms. The van der Waals surface area contributed by atoms with E-state index in [1.54, 1.807) is 6.92 Å². The summed E-state index contributed by atoms with van der Waals surface area (Å²) in [6.45, 7) is 13.3. The van der Waals surface area contributed by atoms with Crippen LogP contribution in [0.15, 0.2) is 0 Å². The van der Waals surface area contributed by atoms with E-state index in [-0.39, 0.29) is 5.04 Å². The molecule has 0 amide bonds. The smallest absolute Gasteiger partial charge is 0.192 e. The summed E-state index contributed by atoms with van der Waals surface area (Å²) in [5, 5.41) is 17.9. The van der Waals surface area contributed by atoms with Crippen LogP contribution in [0.5, 0.6) is 0 Å². The van der Waals surface area contributed by atoms with E-state index < -0.39 is 13.7 Å². The molecule has 0 spiro atoms. The SMILES string of the molecule is CC(C#N)(C#N)CC#CCCO[Si](C)(C)C(C)(C)C. The van der Waals surface area contributed by atoms with E-state index >= 15 is 0 Å². The van der Waals surface area contributed by atoms with Crippen LogP contribution in [0, 0.1) is 39.9 Å². The molecular formula is C15H24N2OSi. The van der Waals surface area contributed by atoms with Crippen molar-refractivity contribution in [1.29, 1.82) is 10.5 Å². The molecule has 0 aromatic carbocycles. The van der Waals surface area contributed by atoms with Gasteiger partial charge in [0.15, 0.2) is 13.7 Å². The van der Waals surface area contributed by atoms with Gasteiger partial charge in [0.1, 0.15) is 0 Å². The lowest BCUT2D eigenvalue weighted by Gasteiger charge is -2.35. The van der Waals surface area contributed by atoms with Gasteiger partial charge in [0.2, 0.25) is 0 Å². The summed E-state index contributed by atoms with van der Waals surface area (Å²) in [4.78, 5) is 0. The third-order valence-corrected chi connectivity index (χ3v) is 8.09. The fourth-order valence-corrected chi connectivity index (χ4v) is 2.05. The minimum Gasteiger partial charge on any atom is -0.416 e. The molecule has 0 fully saturated rings. The maximum atomic E-state index is 8.82. The first kappa shape index (κ1) is 17.7. The second-order valence-corrected chi connectivity index (χ2v) is 11.3. The van der Waals surface area contributed by atoms with E-state index in [9.17, 15) is 0 Å². The Bertz CT molecular complexity index is 424. The highest BCUT2D eigenvalue weighted by Crippen LogP contribution is 2.36. The second kappa shape index (κ2) is 6.76. The Morgan fingerprint density at radius 3 is 1.95 bits per heavy atom. The second-order valence-electron chi connectivity index (χ2n) is 6.44. The molecule has 0 aliphatic heterocycles. The summed E-state index contributed by atoms with van der Waals surface area (Å²) in [5.41, 5.74) is -0.993. The molecular weight excluding hydrogens is 252 g/mol. The maximum Gasteiger partial charge on any atom is 0.192 e. The molecule has 0 unspecified atom stereocenters. The molecule has 0 saturated heterocycles. The van der Waals surface area contributed by atoms with Gasteiger partial charge in [0, 0.05) is 19.4 Å². The maximum absolute atomic E-state index is 8.82. The average molecular weight is 276 g/mol. The lowest BCUT2D eigenvalue weighted by molar-refractivity contribution is 0.296. The zero-order valence-corrected chi connectivity index (χ0v) is 13.9. The van der Waals surface area contributed by atoms with Gasteiger partial charge < -0.3 is 4.43 Å². The van der Waals surface area contributed by atoms with Gasteiger partial charge in [-0.15, -0.1) is 11.8 Å². The van der Waals surface area contributed by atoms with Crippen molar-refractivity contribution < 1.29 is 4.43 Å². The molecule has 104 valence electrons. The van der Waals surface area contributed by atoms with E-state index in [0.717, 1.165) is 0 Å². The van der Waals surface area contributed by atoms with Crippen LogP contribution < -0.4 is 0 Å². The zero-order chi connectivity index (χ0) is 15.2. The van der Waals surface area contributed by atoms with Gasteiger partial charge in [-0.3, -0.25) is 0 Å². The van der Waals surface area contributed by atoms with Gasteiger partial charge >= 0.3 is 0 Å². The number of nitriles is 2. The molecule has 0 aliphatic rings. The standard InChI is InChI=1S/C15H24N2OSi/c1-14(2,3)19(5,6)18-11-9-7-8-10-15(4,12-16)13-17/h9-11H2,1-6H3. The van der Waals surface area contributed by atoms with Crippen LogP contribution in [-0.4, -0.2) is 14.9 Å². The third-order valence-electron chi connectivity index (χ3n) is 3.56. The lowest BCUT2D eigenvalue weighted by Crippen LogP contribution is -2.40. The van der Waals surface area contributed by atoms with Crippen molar-refractivity contribution in [2.75, 3.05) is 6.61 Å². The molecule has 0 rings (SSSR count). The van der Waals surface area contributed by atoms with Gasteiger partial charge in [-0.1, -0.05) is 20.8 Å². The van der Waals surface area contributed by atoms with Crippen LogP contribution in [0.25, 0.3) is 0 Å². The molecule has 0 aromatic heterocycles. The largest absolute Gasteiger partial charge is 0.416 e. The van der Waals surface area contributed by atoms with E-state index in [2.05, 4.69) is 45.7 Å². The Morgan fingerprint density at radius 1 is 1.00 bits per heavy atom. The van der Waals surface area contributed by atoms with E-state index in [4.69, 9.17) is 14.9 Å². The van der Waals surface area contributed by atoms with Crippen molar-refractivity contribution in [2.45, 2.75) is 58.7 Å². The minimum atomic E-state index is -1.69. The Morgan fingerprint density at radius 2 is 1.53 bits per heavy atom. The van der Waals surface area contributed by atoms with Crippen LogP contribution in [0.1, 0.15) is 40.5 Å². The van der Waals surface area contributed by atoms with Crippen molar-refractivity contribution in [3.8, 4) is 24.0 Å². The van der Waals surface area contributed by atoms with Crippen molar-refractivity contribution in [3.05, 3.63) is 0 Å². The van der Waals surface area contributed by atoms with Gasteiger partial charge in [-0.2, -0.15) is 10.5 Å². The van der Waals surface area contributed by atoms with Crippen molar-refractivity contribution in [3.63, 3.8) is 0 Å². The summed E-state index contributed by atoms with van der Waals surface area (Å²) in [7, 11) is -1.69. The summed E-state index contributed by atoms with van der Waals surface area (Å²) in [6, 6.07) is 3.95. The minimum absolute atomic E-state index is 0.209. The van der Waals surface area contributed by atoms with Crippen LogP contribution >= 0.6 is 0 Å². The Balaban J connectivity index is 4.17. The Kier molecular flexibility index (Phi) is 6.30. The summed E-state index contributed by atoms with van der Waals surface area (Å²) in [6.07, 6.45) is 0.944. The number of nitrogens with zero attached hydrogens (tertiary/aromatic N) is 2. The topological polar surface area (TPSA) is 56.8 Å². The fraction of sp³-hybridized carbons (Fsp3) is 0.733. The third kappa shape index (κ3) is 5.93. The van der Waals surface area contributed by atoms with E-state index in [0.29, 0.717) is 19.4 Å². The number of hydrogen-bond donors (Lipinski definition) is 0. The average Bonchev–Trinajstić information content (AvgIpc) is 2.31. The molecule has 3 nitrogen and oxygen atoms in total. The molecule has 0 bridgehead atoms. The zero-order valence-electron chi connectivity index (χ0n) is 12.9. The first-order valence-electron chi connectivity index (χ1n) is 6.50. The van der Waals surface area contributed by atoms with E-state index in [1.807, 2.05) is 12.1 Å². The molecule has 0 aliphatic carbocycles. The van der Waals surface area contributed by atoms with Gasteiger partial charge in [0.25, 0.3) is 0 Å². The monoisotopic (exact) mass is 276 g/mol. The Labute approximate surface area is 118 Å². The molecule has 0 saturated carbocycles. The predicted octanol–water partition coefficient (Wildman–Crippen LogP) is 3.85. The molecule has 0 aromatic rings. The van der Waals surface area contributed by atoms with Crippen molar-refractivity contribution >= 4 is 8.32 Å². The first-order chi connectivity index (χ1) is 8.58.